The second kappa shape index (κ2) is 8.86. The van der Waals surface area contributed by atoms with Crippen molar-refractivity contribution in [2.75, 3.05) is 26.3 Å². The van der Waals surface area contributed by atoms with Crippen LogP contribution in [0.15, 0.2) is 23.1 Å². The zero-order valence-corrected chi connectivity index (χ0v) is 15.5. The number of carbonyl (C=O) groups excluding carboxylic acids is 2. The number of amides is 2. The highest BCUT2D eigenvalue weighted by Gasteiger charge is 2.20. The number of benzene rings is 1. The fourth-order valence-corrected chi connectivity index (χ4v) is 3.33. The largest absolute Gasteiger partial charge is 0.486 e. The first-order chi connectivity index (χ1) is 12.3. The molecule has 1 aliphatic heterocycles. The van der Waals surface area contributed by atoms with Crippen LogP contribution in [0.3, 0.4) is 0 Å². The predicted molar refractivity (Wildman–Crippen MR) is 93.5 cm³/mol. The van der Waals surface area contributed by atoms with E-state index in [0.29, 0.717) is 31.3 Å². The number of rotatable bonds is 8. The summed E-state index contributed by atoms with van der Waals surface area (Å²) in [5.74, 6) is 0.146. The molecule has 1 atom stereocenters. The van der Waals surface area contributed by atoms with Crippen LogP contribution in [0.2, 0.25) is 0 Å². The maximum atomic E-state index is 12.3. The van der Waals surface area contributed by atoms with Crippen LogP contribution in [0.25, 0.3) is 0 Å². The molecule has 0 bridgehead atoms. The lowest BCUT2D eigenvalue weighted by Gasteiger charge is -2.19. The molecule has 144 valence electrons. The number of likely N-dealkylation sites (N-methyl/N-ethyl adjacent to an activating group) is 1. The van der Waals surface area contributed by atoms with Gasteiger partial charge in [-0.2, -0.15) is 0 Å². The molecule has 0 unspecified atom stereocenters. The van der Waals surface area contributed by atoms with Crippen LogP contribution in [0.4, 0.5) is 0 Å². The molecular weight excluding hydrogens is 362 g/mol. The Hall–Kier alpha value is -2.33. The average molecular weight is 385 g/mol. The average Bonchev–Trinajstić information content (AvgIpc) is 2.61. The Morgan fingerprint density at radius 2 is 1.88 bits per heavy atom. The Morgan fingerprint density at radius 3 is 2.58 bits per heavy atom. The molecular formula is C16H23N3O6S. The van der Waals surface area contributed by atoms with Crippen molar-refractivity contribution >= 4 is 21.8 Å². The maximum absolute atomic E-state index is 12.3. The van der Waals surface area contributed by atoms with Gasteiger partial charge in [-0.15, -0.1) is 0 Å². The lowest BCUT2D eigenvalue weighted by atomic mass is 10.3. The summed E-state index contributed by atoms with van der Waals surface area (Å²) < 4.78 is 37.7. The molecule has 2 amide bonds. The predicted octanol–water partition coefficient (Wildman–Crippen LogP) is -0.233. The zero-order valence-electron chi connectivity index (χ0n) is 14.7. The summed E-state index contributed by atoms with van der Waals surface area (Å²) in [5.41, 5.74) is 0. The molecule has 3 N–H and O–H groups in total. The molecule has 1 aromatic carbocycles. The van der Waals surface area contributed by atoms with Crippen molar-refractivity contribution in [3.05, 3.63) is 18.2 Å². The first-order valence-corrected chi connectivity index (χ1v) is 9.78. The lowest BCUT2D eigenvalue weighted by molar-refractivity contribution is -0.128. The van der Waals surface area contributed by atoms with E-state index in [0.717, 1.165) is 0 Å². The highest BCUT2D eigenvalue weighted by Crippen LogP contribution is 2.32. The van der Waals surface area contributed by atoms with Crippen LogP contribution < -0.4 is 24.8 Å². The number of carbonyl (C=O) groups is 2. The molecule has 0 aromatic heterocycles. The van der Waals surface area contributed by atoms with E-state index >= 15 is 0 Å². The summed E-state index contributed by atoms with van der Waals surface area (Å²) in [6.07, 6.45) is -0.0898. The van der Waals surface area contributed by atoms with Gasteiger partial charge in [0, 0.05) is 25.6 Å². The summed E-state index contributed by atoms with van der Waals surface area (Å²) in [7, 11) is -3.79. The van der Waals surface area contributed by atoms with E-state index in [-0.39, 0.29) is 23.8 Å². The van der Waals surface area contributed by atoms with Crippen molar-refractivity contribution in [1.29, 1.82) is 0 Å². The van der Waals surface area contributed by atoms with E-state index in [1.165, 1.54) is 18.2 Å². The zero-order chi connectivity index (χ0) is 19.2. The third-order valence-electron chi connectivity index (χ3n) is 3.59. The van der Waals surface area contributed by atoms with Crippen LogP contribution in [0, 0.1) is 0 Å². The van der Waals surface area contributed by atoms with Gasteiger partial charge in [0.05, 0.1) is 4.90 Å². The second-order valence-corrected chi connectivity index (χ2v) is 7.40. The number of nitrogens with one attached hydrogen (secondary N) is 3. The molecule has 0 aliphatic carbocycles. The molecule has 0 spiro atoms. The van der Waals surface area contributed by atoms with Gasteiger partial charge < -0.3 is 20.1 Å². The van der Waals surface area contributed by atoms with E-state index < -0.39 is 22.0 Å². The van der Waals surface area contributed by atoms with Crippen LogP contribution in [0.5, 0.6) is 11.5 Å². The summed E-state index contributed by atoms with van der Waals surface area (Å²) >= 11 is 0. The minimum absolute atomic E-state index is 0.0258. The third kappa shape index (κ3) is 5.33. The second-order valence-electron chi connectivity index (χ2n) is 5.64. The van der Waals surface area contributed by atoms with Crippen molar-refractivity contribution in [3.8, 4) is 11.5 Å². The Kier molecular flexibility index (Phi) is 6.81. The number of hydrogen-bond acceptors (Lipinski definition) is 6. The summed E-state index contributed by atoms with van der Waals surface area (Å²) in [6, 6.07) is 3.64. The molecule has 0 saturated carbocycles. The summed E-state index contributed by atoms with van der Waals surface area (Å²) in [5, 5.41) is 5.10. The lowest BCUT2D eigenvalue weighted by Crippen LogP contribution is -2.45. The van der Waals surface area contributed by atoms with E-state index in [4.69, 9.17) is 9.47 Å². The summed E-state index contributed by atoms with van der Waals surface area (Å²) in [4.78, 5) is 23.4. The fraction of sp³-hybridized carbons (Fsp3) is 0.500. The van der Waals surface area contributed by atoms with Gasteiger partial charge in [-0.1, -0.05) is 0 Å². The smallest absolute Gasteiger partial charge is 0.242 e. The molecule has 1 heterocycles. The highest BCUT2D eigenvalue weighted by molar-refractivity contribution is 7.89. The molecule has 0 fully saturated rings. The van der Waals surface area contributed by atoms with Crippen molar-refractivity contribution in [1.82, 2.24) is 15.4 Å². The first kappa shape index (κ1) is 20.0. The van der Waals surface area contributed by atoms with Gasteiger partial charge in [-0.05, 0) is 26.0 Å². The SMILES string of the molecule is CCNC(=O)[C@@H](C)NC(=O)CCNS(=O)(=O)c1ccc2c(c1)OCCO2. The van der Waals surface area contributed by atoms with E-state index in [1.807, 2.05) is 0 Å². The molecule has 2 rings (SSSR count). The van der Waals surface area contributed by atoms with E-state index in [1.54, 1.807) is 13.8 Å². The number of sulfonamides is 1. The molecule has 9 nitrogen and oxygen atoms in total. The molecule has 0 saturated heterocycles. The molecule has 1 aliphatic rings. The minimum Gasteiger partial charge on any atom is -0.486 e. The highest BCUT2D eigenvalue weighted by atomic mass is 32.2. The molecule has 1 aromatic rings. The van der Waals surface area contributed by atoms with Crippen molar-refractivity contribution in [2.45, 2.75) is 31.2 Å². The summed E-state index contributed by atoms with van der Waals surface area (Å²) in [6.45, 7) is 4.48. The Morgan fingerprint density at radius 1 is 1.19 bits per heavy atom. The van der Waals surface area contributed by atoms with Crippen molar-refractivity contribution in [2.24, 2.45) is 0 Å². The Labute approximate surface area is 152 Å². The topological polar surface area (TPSA) is 123 Å². The maximum Gasteiger partial charge on any atom is 0.242 e. The van der Waals surface area contributed by atoms with Crippen molar-refractivity contribution < 1.29 is 27.5 Å². The van der Waals surface area contributed by atoms with Gasteiger partial charge in [0.1, 0.15) is 19.3 Å². The first-order valence-electron chi connectivity index (χ1n) is 8.30. The van der Waals surface area contributed by atoms with Gasteiger partial charge in [-0.3, -0.25) is 9.59 Å². The van der Waals surface area contributed by atoms with Crippen LogP contribution in [0.1, 0.15) is 20.3 Å². The van der Waals surface area contributed by atoms with E-state index in [9.17, 15) is 18.0 Å². The molecule has 10 heteroatoms. The van der Waals surface area contributed by atoms with Gasteiger partial charge in [0.2, 0.25) is 21.8 Å². The normalized spacial score (nSPS) is 14.4. The quantitative estimate of drug-likeness (QED) is 0.568. The minimum atomic E-state index is -3.79. The molecule has 26 heavy (non-hydrogen) atoms. The Balaban J connectivity index is 1.86. The molecule has 0 radical (unpaired) electrons. The third-order valence-corrected chi connectivity index (χ3v) is 5.05. The van der Waals surface area contributed by atoms with Gasteiger partial charge in [-0.25, -0.2) is 13.1 Å². The monoisotopic (exact) mass is 385 g/mol. The van der Waals surface area contributed by atoms with Crippen LogP contribution in [-0.4, -0.2) is 52.6 Å². The van der Waals surface area contributed by atoms with Crippen molar-refractivity contribution in [3.63, 3.8) is 0 Å². The Bertz CT molecular complexity index is 765. The van der Waals surface area contributed by atoms with Gasteiger partial charge in [0.25, 0.3) is 0 Å². The van der Waals surface area contributed by atoms with E-state index in [2.05, 4.69) is 15.4 Å². The fourth-order valence-electron chi connectivity index (χ4n) is 2.28. The van der Waals surface area contributed by atoms with Crippen LogP contribution >= 0.6 is 0 Å². The van der Waals surface area contributed by atoms with Gasteiger partial charge >= 0.3 is 0 Å². The number of fused-ring (bicyclic) bond motifs is 1. The van der Waals surface area contributed by atoms with Gasteiger partial charge in [0.15, 0.2) is 11.5 Å². The number of hydrogen-bond donors (Lipinski definition) is 3. The number of ether oxygens (including phenoxy) is 2. The van der Waals surface area contributed by atoms with Crippen LogP contribution in [-0.2, 0) is 19.6 Å². The standard InChI is InChI=1S/C16H23N3O6S/c1-3-17-16(21)11(2)19-15(20)6-7-18-26(22,23)12-4-5-13-14(10-12)25-9-8-24-13/h4-5,10-11,18H,3,6-9H2,1-2H3,(H,17,21)(H,19,20)/t11-/m1/s1.